The molecule has 2 N–H and O–H groups in total. The van der Waals surface area contributed by atoms with Crippen LogP contribution in [0.15, 0.2) is 0 Å². The monoisotopic (exact) mass is 265 g/mol. The summed E-state index contributed by atoms with van der Waals surface area (Å²) in [6.07, 6.45) is 2.03. The maximum absolute atomic E-state index is 6.31. The van der Waals surface area contributed by atoms with Gasteiger partial charge >= 0.3 is 0 Å². The highest BCUT2D eigenvalue weighted by molar-refractivity contribution is 5.67. The van der Waals surface area contributed by atoms with Gasteiger partial charge in [-0.25, -0.2) is 0 Å². The van der Waals surface area contributed by atoms with Crippen molar-refractivity contribution in [1.29, 1.82) is 0 Å². The first-order valence-corrected chi connectivity index (χ1v) is 7.14. The van der Waals surface area contributed by atoms with Crippen molar-refractivity contribution in [2.24, 2.45) is 7.05 Å². The van der Waals surface area contributed by atoms with E-state index in [1.54, 1.807) is 0 Å². The van der Waals surface area contributed by atoms with Crippen molar-refractivity contribution in [1.82, 2.24) is 14.7 Å². The van der Waals surface area contributed by atoms with E-state index in [4.69, 9.17) is 5.73 Å². The summed E-state index contributed by atoms with van der Waals surface area (Å²) in [6, 6.07) is 0. The normalized spacial score (nSPS) is 19.9. The number of aryl methyl sites for hydroxylation is 2. The lowest BCUT2D eigenvalue weighted by atomic mass is 9.99. The van der Waals surface area contributed by atoms with Gasteiger partial charge in [-0.3, -0.25) is 9.58 Å². The van der Waals surface area contributed by atoms with Crippen molar-refractivity contribution in [3.05, 3.63) is 5.69 Å². The first-order chi connectivity index (χ1) is 8.86. The van der Waals surface area contributed by atoms with E-state index in [2.05, 4.69) is 42.7 Å². The summed E-state index contributed by atoms with van der Waals surface area (Å²) in [5.74, 6) is 1.09. The summed E-state index contributed by atoms with van der Waals surface area (Å²) >= 11 is 0. The molecule has 1 aromatic heterocycles. The lowest BCUT2D eigenvalue weighted by molar-refractivity contribution is 0.138. The van der Waals surface area contributed by atoms with Gasteiger partial charge in [-0.2, -0.15) is 5.10 Å². The largest absolute Gasteiger partial charge is 0.394 e. The van der Waals surface area contributed by atoms with Crippen molar-refractivity contribution in [3.8, 4) is 0 Å². The van der Waals surface area contributed by atoms with Crippen molar-refractivity contribution in [2.75, 3.05) is 37.3 Å². The Kier molecular flexibility index (Phi) is 3.76. The second-order valence-corrected chi connectivity index (χ2v) is 6.21. The van der Waals surface area contributed by atoms with Crippen LogP contribution in [0.25, 0.3) is 0 Å². The molecule has 1 saturated heterocycles. The minimum Gasteiger partial charge on any atom is -0.394 e. The van der Waals surface area contributed by atoms with Gasteiger partial charge in [0, 0.05) is 32.2 Å². The fraction of sp³-hybridized carbons (Fsp3) is 0.786. The predicted molar refractivity (Wildman–Crippen MR) is 80.5 cm³/mol. The molecule has 0 saturated carbocycles. The number of anilines is 2. The molecule has 0 aliphatic carbocycles. The van der Waals surface area contributed by atoms with E-state index in [-0.39, 0.29) is 5.54 Å². The van der Waals surface area contributed by atoms with Gasteiger partial charge in [0.25, 0.3) is 0 Å². The smallest absolute Gasteiger partial charge is 0.150 e. The molecule has 2 rings (SSSR count). The topological polar surface area (TPSA) is 50.3 Å². The third-order valence-electron chi connectivity index (χ3n) is 4.23. The molecule has 5 nitrogen and oxygen atoms in total. The van der Waals surface area contributed by atoms with Crippen LogP contribution in [0.3, 0.4) is 0 Å². The van der Waals surface area contributed by atoms with Gasteiger partial charge in [-0.1, -0.05) is 13.3 Å². The number of hydrogen-bond acceptors (Lipinski definition) is 4. The second-order valence-electron chi connectivity index (χ2n) is 6.21. The van der Waals surface area contributed by atoms with Gasteiger partial charge in [0.1, 0.15) is 0 Å². The Morgan fingerprint density at radius 3 is 2.53 bits per heavy atom. The minimum atomic E-state index is 0.167. The van der Waals surface area contributed by atoms with E-state index in [1.165, 1.54) is 0 Å². The van der Waals surface area contributed by atoms with Crippen LogP contribution in [0.2, 0.25) is 0 Å². The molecule has 1 aliphatic rings. The van der Waals surface area contributed by atoms with Crippen LogP contribution in [-0.2, 0) is 13.5 Å². The first-order valence-electron chi connectivity index (χ1n) is 7.14. The summed E-state index contributed by atoms with van der Waals surface area (Å²) in [7, 11) is 4.18. The minimum absolute atomic E-state index is 0.167. The highest BCUT2D eigenvalue weighted by Gasteiger charge is 2.33. The number of nitrogens with zero attached hydrogens (tertiary/aromatic N) is 4. The summed E-state index contributed by atoms with van der Waals surface area (Å²) in [5.41, 5.74) is 8.38. The Hall–Kier alpha value is -1.23. The van der Waals surface area contributed by atoms with Crippen molar-refractivity contribution < 1.29 is 0 Å². The molecule has 0 aromatic carbocycles. The highest BCUT2D eigenvalue weighted by Crippen LogP contribution is 2.30. The molecule has 0 spiro atoms. The van der Waals surface area contributed by atoms with E-state index in [1.807, 2.05) is 11.7 Å². The van der Waals surface area contributed by atoms with Gasteiger partial charge < -0.3 is 10.6 Å². The molecule has 0 radical (unpaired) electrons. The van der Waals surface area contributed by atoms with Crippen LogP contribution in [0, 0.1) is 0 Å². The third-order valence-corrected chi connectivity index (χ3v) is 4.23. The van der Waals surface area contributed by atoms with Gasteiger partial charge in [0.2, 0.25) is 0 Å². The Bertz CT molecular complexity index is 449. The quantitative estimate of drug-likeness (QED) is 0.899. The molecule has 1 aromatic rings. The maximum atomic E-state index is 6.31. The standard InChI is InChI=1S/C14H27N5/c1-6-7-11-12(15)13(18(5)16-11)19-9-8-17(4)14(2,3)10-19/h6-10,15H2,1-5H3. The fourth-order valence-corrected chi connectivity index (χ4v) is 2.80. The average molecular weight is 265 g/mol. The van der Waals surface area contributed by atoms with Crippen LogP contribution in [0.5, 0.6) is 0 Å². The Balaban J connectivity index is 2.27. The molecular formula is C14H27N5. The average Bonchev–Trinajstić information content (AvgIpc) is 2.59. The van der Waals surface area contributed by atoms with Crippen LogP contribution >= 0.6 is 0 Å². The van der Waals surface area contributed by atoms with Crippen molar-refractivity contribution in [3.63, 3.8) is 0 Å². The number of nitrogens with two attached hydrogens (primary N) is 1. The molecule has 19 heavy (non-hydrogen) atoms. The van der Waals surface area contributed by atoms with Crippen LogP contribution < -0.4 is 10.6 Å². The summed E-state index contributed by atoms with van der Waals surface area (Å²) in [5, 5.41) is 4.58. The number of likely N-dealkylation sites (N-methyl/N-ethyl adjacent to an activating group) is 1. The van der Waals surface area contributed by atoms with E-state index in [0.717, 1.165) is 49.7 Å². The Labute approximate surface area is 116 Å². The zero-order valence-corrected chi connectivity index (χ0v) is 12.9. The molecule has 0 atom stereocenters. The molecule has 1 aliphatic heterocycles. The lowest BCUT2D eigenvalue weighted by Gasteiger charge is -2.46. The zero-order valence-electron chi connectivity index (χ0n) is 12.9. The highest BCUT2D eigenvalue weighted by atomic mass is 15.4. The fourth-order valence-electron chi connectivity index (χ4n) is 2.80. The van der Waals surface area contributed by atoms with Crippen LogP contribution in [0.1, 0.15) is 32.9 Å². The predicted octanol–water partition coefficient (Wildman–Crippen LogP) is 1.49. The van der Waals surface area contributed by atoms with E-state index in [0.29, 0.717) is 0 Å². The summed E-state index contributed by atoms with van der Waals surface area (Å²) in [6.45, 7) is 9.76. The lowest BCUT2D eigenvalue weighted by Crippen LogP contribution is -2.58. The van der Waals surface area contributed by atoms with E-state index < -0.39 is 0 Å². The number of piperazine rings is 1. The van der Waals surface area contributed by atoms with Crippen LogP contribution in [0.4, 0.5) is 11.5 Å². The molecule has 0 unspecified atom stereocenters. The number of hydrogen-bond donors (Lipinski definition) is 1. The first kappa shape index (κ1) is 14.2. The van der Waals surface area contributed by atoms with Gasteiger partial charge in [0.15, 0.2) is 5.82 Å². The summed E-state index contributed by atoms with van der Waals surface area (Å²) in [4.78, 5) is 4.78. The second kappa shape index (κ2) is 5.04. The summed E-state index contributed by atoms with van der Waals surface area (Å²) < 4.78 is 1.95. The molecule has 0 amide bonds. The van der Waals surface area contributed by atoms with Gasteiger partial charge in [-0.15, -0.1) is 0 Å². The van der Waals surface area contributed by atoms with E-state index >= 15 is 0 Å². The Morgan fingerprint density at radius 2 is 1.95 bits per heavy atom. The Morgan fingerprint density at radius 1 is 1.26 bits per heavy atom. The number of rotatable bonds is 3. The van der Waals surface area contributed by atoms with E-state index in [9.17, 15) is 0 Å². The van der Waals surface area contributed by atoms with Crippen LogP contribution in [-0.4, -0.2) is 46.9 Å². The maximum Gasteiger partial charge on any atom is 0.150 e. The van der Waals surface area contributed by atoms with Gasteiger partial charge in [0.05, 0.1) is 11.4 Å². The molecule has 5 heteroatoms. The molecule has 0 bridgehead atoms. The SMILES string of the molecule is CCCc1nn(C)c(N2CCN(C)C(C)(C)C2)c1N. The zero-order chi connectivity index (χ0) is 14.2. The molecule has 1 fully saturated rings. The molecule has 108 valence electrons. The third kappa shape index (κ3) is 2.56. The van der Waals surface area contributed by atoms with Gasteiger partial charge in [-0.05, 0) is 27.3 Å². The number of nitrogen functional groups attached to an aromatic ring is 1. The van der Waals surface area contributed by atoms with Crippen molar-refractivity contribution >= 4 is 11.5 Å². The number of aromatic nitrogens is 2. The van der Waals surface area contributed by atoms with Crippen molar-refractivity contribution in [2.45, 2.75) is 39.2 Å². The molecular weight excluding hydrogens is 238 g/mol. The molecule has 2 heterocycles.